The number of allylic oxidation sites excluding steroid dienone is 1. The molecule has 8 heteroatoms. The van der Waals surface area contributed by atoms with Crippen molar-refractivity contribution in [1.82, 2.24) is 19.3 Å². The molecule has 1 aliphatic rings. The molecule has 7 nitrogen and oxygen atoms in total. The van der Waals surface area contributed by atoms with Crippen molar-refractivity contribution in [1.29, 1.82) is 0 Å². The zero-order valence-electron chi connectivity index (χ0n) is 17.6. The van der Waals surface area contributed by atoms with Gasteiger partial charge in [0.05, 0.1) is 6.04 Å². The number of rotatable bonds is 6. The van der Waals surface area contributed by atoms with Crippen molar-refractivity contribution in [2.75, 3.05) is 25.5 Å². The first-order valence-corrected chi connectivity index (χ1v) is 10.8. The molecule has 1 saturated heterocycles. The van der Waals surface area contributed by atoms with Gasteiger partial charge in [0.15, 0.2) is 5.82 Å². The third-order valence-corrected chi connectivity index (χ3v) is 5.21. The number of carbonyl (C=O) groups is 1. The maximum atomic E-state index is 12.7. The predicted molar refractivity (Wildman–Crippen MR) is 120 cm³/mol. The number of imidazole rings is 1. The summed E-state index contributed by atoms with van der Waals surface area (Å²) in [4.78, 5) is 23.5. The fraction of sp³-hybridized carbons (Fsp3) is 0.476. The number of ether oxygens (including phenoxy) is 1. The zero-order chi connectivity index (χ0) is 21.4. The van der Waals surface area contributed by atoms with E-state index in [-0.39, 0.29) is 18.7 Å². The summed E-state index contributed by atoms with van der Waals surface area (Å²) in [5, 5.41) is 3.08. The summed E-state index contributed by atoms with van der Waals surface area (Å²) < 4.78 is 8.20. The number of nitrogens with zero attached hydrogens (tertiary/aromatic N) is 4. The number of hydrogen-bond donors (Lipinski definition) is 1. The number of aromatic nitrogens is 3. The molecule has 2 aromatic rings. The number of carbonyl (C=O) groups excluding carboxylic acids is 1. The molecule has 3 rings (SSSR count). The van der Waals surface area contributed by atoms with Crippen molar-refractivity contribution < 1.29 is 9.53 Å². The van der Waals surface area contributed by atoms with Gasteiger partial charge in [0.25, 0.3) is 0 Å². The van der Waals surface area contributed by atoms with Gasteiger partial charge in [-0.25, -0.2) is 14.8 Å². The van der Waals surface area contributed by atoms with Crippen molar-refractivity contribution in [3.8, 4) is 0 Å². The Hall–Kier alpha value is -2.35. The van der Waals surface area contributed by atoms with Crippen LogP contribution in [0.5, 0.6) is 0 Å². The lowest BCUT2D eigenvalue weighted by Gasteiger charge is -2.23. The van der Waals surface area contributed by atoms with Gasteiger partial charge in [-0.1, -0.05) is 39.5 Å². The van der Waals surface area contributed by atoms with Gasteiger partial charge in [0, 0.05) is 26.0 Å². The number of amides is 1. The van der Waals surface area contributed by atoms with Crippen molar-refractivity contribution in [2.24, 2.45) is 0 Å². The molecule has 0 saturated carbocycles. The van der Waals surface area contributed by atoms with Crippen LogP contribution in [0.4, 0.5) is 10.6 Å². The van der Waals surface area contributed by atoms with Gasteiger partial charge < -0.3 is 10.1 Å². The predicted octanol–water partition coefficient (Wildman–Crippen LogP) is 5.36. The molecule has 158 valence electrons. The van der Waals surface area contributed by atoms with Gasteiger partial charge in [-0.05, 0) is 40.8 Å². The highest BCUT2D eigenvalue weighted by Gasteiger charge is 2.34. The van der Waals surface area contributed by atoms with Gasteiger partial charge in [0.1, 0.15) is 22.6 Å². The van der Waals surface area contributed by atoms with Crippen LogP contribution in [-0.2, 0) is 4.74 Å². The molecule has 0 aliphatic carbocycles. The van der Waals surface area contributed by atoms with Crippen molar-refractivity contribution >= 4 is 33.4 Å². The molecular weight excluding hydrogens is 434 g/mol. The minimum atomic E-state index is -0.322. The SMILES string of the molecule is C=C/C(=C\CC)COC(=O)N1CCCC1c1nc(Br)c2c(NC)nccn12.CC. The van der Waals surface area contributed by atoms with Crippen LogP contribution >= 0.6 is 15.9 Å². The summed E-state index contributed by atoms with van der Waals surface area (Å²) in [6.45, 7) is 10.7. The Kier molecular flexibility index (Phi) is 8.70. The van der Waals surface area contributed by atoms with Crippen LogP contribution in [0.2, 0.25) is 0 Å². The highest BCUT2D eigenvalue weighted by molar-refractivity contribution is 9.10. The minimum absolute atomic E-state index is 0.134. The summed E-state index contributed by atoms with van der Waals surface area (Å²) >= 11 is 3.52. The monoisotopic (exact) mass is 463 g/mol. The lowest BCUT2D eigenvalue weighted by Crippen LogP contribution is -2.32. The third kappa shape index (κ3) is 4.98. The van der Waals surface area contributed by atoms with Gasteiger partial charge in [-0.3, -0.25) is 9.30 Å². The second-order valence-corrected chi connectivity index (χ2v) is 7.05. The fourth-order valence-corrected chi connectivity index (χ4v) is 3.94. The number of nitrogens with one attached hydrogen (secondary N) is 1. The minimum Gasteiger partial charge on any atom is -0.445 e. The molecular formula is C21H30BrN5O2. The maximum absolute atomic E-state index is 12.7. The summed E-state index contributed by atoms with van der Waals surface area (Å²) in [6.07, 6.45) is 9.63. The van der Waals surface area contributed by atoms with Gasteiger partial charge in [-0.15, -0.1) is 0 Å². The number of hydrogen-bond acceptors (Lipinski definition) is 5. The zero-order valence-corrected chi connectivity index (χ0v) is 19.2. The first kappa shape index (κ1) is 22.9. The largest absolute Gasteiger partial charge is 0.445 e. The van der Waals surface area contributed by atoms with Crippen molar-refractivity contribution in [3.05, 3.63) is 47.1 Å². The van der Waals surface area contributed by atoms with E-state index >= 15 is 0 Å². The molecule has 3 heterocycles. The molecule has 29 heavy (non-hydrogen) atoms. The average molecular weight is 464 g/mol. The molecule has 1 unspecified atom stereocenters. The van der Waals surface area contributed by atoms with Crippen LogP contribution in [0, 0.1) is 0 Å². The van der Waals surface area contributed by atoms with E-state index in [9.17, 15) is 4.79 Å². The van der Waals surface area contributed by atoms with Crippen molar-refractivity contribution in [3.63, 3.8) is 0 Å². The van der Waals surface area contributed by atoms with Crippen LogP contribution in [0.3, 0.4) is 0 Å². The number of likely N-dealkylation sites (tertiary alicyclic amines) is 1. The van der Waals surface area contributed by atoms with E-state index in [0.717, 1.165) is 42.0 Å². The number of anilines is 1. The molecule has 1 aliphatic heterocycles. The normalized spacial score (nSPS) is 16.4. The maximum Gasteiger partial charge on any atom is 0.410 e. The van der Waals surface area contributed by atoms with Crippen LogP contribution in [0.15, 0.2) is 41.3 Å². The van der Waals surface area contributed by atoms with E-state index in [0.29, 0.717) is 11.1 Å². The molecule has 0 bridgehead atoms. The van der Waals surface area contributed by atoms with Gasteiger partial charge in [-0.2, -0.15) is 0 Å². The highest BCUT2D eigenvalue weighted by atomic mass is 79.9. The molecule has 1 fully saturated rings. The quantitative estimate of drug-likeness (QED) is 0.583. The van der Waals surface area contributed by atoms with Crippen LogP contribution in [0.1, 0.15) is 51.9 Å². The Morgan fingerprint density at radius 1 is 1.48 bits per heavy atom. The first-order chi connectivity index (χ1) is 14.1. The molecule has 1 amide bonds. The van der Waals surface area contributed by atoms with Gasteiger partial charge in [0.2, 0.25) is 0 Å². The van der Waals surface area contributed by atoms with E-state index < -0.39 is 0 Å². The van der Waals surface area contributed by atoms with E-state index in [4.69, 9.17) is 4.74 Å². The van der Waals surface area contributed by atoms with Crippen LogP contribution < -0.4 is 5.32 Å². The van der Waals surface area contributed by atoms with Crippen molar-refractivity contribution in [2.45, 2.75) is 46.1 Å². The summed E-state index contributed by atoms with van der Waals surface area (Å²) in [5.41, 5.74) is 1.77. The second kappa shape index (κ2) is 11.0. The highest BCUT2D eigenvalue weighted by Crippen LogP contribution is 2.35. The Bertz CT molecular complexity index is 877. The first-order valence-electron chi connectivity index (χ1n) is 10.1. The standard InChI is InChI=1S/C19H24BrN5O2.C2H6/c1-4-7-13(5-2)12-27-19(26)24-10-6-8-14(24)18-23-16(20)15-17(21-3)22-9-11-25(15)18;1-2/h5,7,9,11,14H,2,4,6,8,10,12H2,1,3H3,(H,21,22);1-2H3/b13-7+;. The summed E-state index contributed by atoms with van der Waals surface area (Å²) in [5.74, 6) is 1.54. The topological polar surface area (TPSA) is 71.8 Å². The Morgan fingerprint density at radius 2 is 2.24 bits per heavy atom. The van der Waals surface area contributed by atoms with Crippen LogP contribution in [-0.4, -0.2) is 45.6 Å². The summed E-state index contributed by atoms with van der Waals surface area (Å²) in [6, 6.07) is -0.134. The molecule has 0 aromatic carbocycles. The molecule has 0 spiro atoms. The average Bonchev–Trinajstić information content (AvgIpc) is 3.37. The molecule has 1 atom stereocenters. The molecule has 1 N–H and O–H groups in total. The lowest BCUT2D eigenvalue weighted by atomic mass is 10.2. The van der Waals surface area contributed by atoms with Gasteiger partial charge >= 0.3 is 6.09 Å². The Balaban J connectivity index is 0.00000145. The van der Waals surface area contributed by atoms with E-state index in [1.807, 2.05) is 44.5 Å². The fourth-order valence-electron chi connectivity index (χ4n) is 3.38. The second-order valence-electron chi connectivity index (χ2n) is 6.30. The Morgan fingerprint density at radius 3 is 2.90 bits per heavy atom. The Labute approximate surface area is 181 Å². The van der Waals surface area contributed by atoms with E-state index in [2.05, 4.69) is 37.8 Å². The lowest BCUT2D eigenvalue weighted by molar-refractivity contribution is 0.105. The summed E-state index contributed by atoms with van der Waals surface area (Å²) in [7, 11) is 1.82. The number of halogens is 1. The van der Waals surface area contributed by atoms with E-state index in [1.54, 1.807) is 17.2 Å². The molecule has 2 aromatic heterocycles. The number of fused-ring (bicyclic) bond motifs is 1. The van der Waals surface area contributed by atoms with Crippen LogP contribution in [0.25, 0.3) is 5.52 Å². The smallest absolute Gasteiger partial charge is 0.410 e. The van der Waals surface area contributed by atoms with E-state index in [1.165, 1.54) is 0 Å². The molecule has 0 radical (unpaired) electrons. The third-order valence-electron chi connectivity index (χ3n) is 4.65.